The van der Waals surface area contributed by atoms with Gasteiger partial charge in [0.25, 0.3) is 0 Å². The van der Waals surface area contributed by atoms with Gasteiger partial charge in [0.05, 0.1) is 0 Å². The molecule has 22 heavy (non-hydrogen) atoms. The van der Waals surface area contributed by atoms with Crippen molar-refractivity contribution in [3.05, 3.63) is 95.9 Å². The van der Waals surface area contributed by atoms with Gasteiger partial charge in [-0.25, -0.2) is 0 Å². The molecule has 0 N–H and O–H groups in total. The molecule has 2 aromatic carbocycles. The Balaban J connectivity index is 2.88. The molecule has 0 aliphatic carbocycles. The van der Waals surface area contributed by atoms with Crippen molar-refractivity contribution in [2.45, 2.75) is 20.8 Å². The second kappa shape index (κ2) is 7.23. The molecule has 1 heteroatoms. The van der Waals surface area contributed by atoms with Crippen LogP contribution in [0.2, 0.25) is 0 Å². The second-order valence-electron chi connectivity index (χ2n) is 5.54. The van der Waals surface area contributed by atoms with E-state index in [1.807, 2.05) is 6.08 Å². The molecular formula is C21H24Si. The highest BCUT2D eigenvalue weighted by atomic mass is 28.3. The smallest absolute Gasteiger partial charge is 0.0991 e. The van der Waals surface area contributed by atoms with E-state index in [4.69, 9.17) is 0 Å². The summed E-state index contributed by atoms with van der Waals surface area (Å²) in [5.41, 5.74) is 0. The molecule has 0 radical (unpaired) electrons. The highest BCUT2D eigenvalue weighted by molar-refractivity contribution is 7.12. The van der Waals surface area contributed by atoms with Gasteiger partial charge in [-0.2, -0.15) is 0 Å². The zero-order valence-electron chi connectivity index (χ0n) is 13.7. The number of hydrogen-bond acceptors (Lipinski definition) is 0. The van der Waals surface area contributed by atoms with E-state index in [0.29, 0.717) is 0 Å². The van der Waals surface area contributed by atoms with Crippen LogP contribution < -0.4 is 10.4 Å². The first-order valence-corrected chi connectivity index (χ1v) is 9.72. The number of rotatable bonds is 5. The number of allylic oxidation sites excluding steroid dienone is 5. The number of hydrogen-bond donors (Lipinski definition) is 0. The largest absolute Gasteiger partial charge is 0.170 e. The van der Waals surface area contributed by atoms with Crippen LogP contribution in [0.1, 0.15) is 20.8 Å². The highest BCUT2D eigenvalue weighted by Gasteiger charge is 2.40. The van der Waals surface area contributed by atoms with Crippen molar-refractivity contribution in [3.63, 3.8) is 0 Å². The summed E-state index contributed by atoms with van der Waals surface area (Å²) in [4.78, 5) is 0. The van der Waals surface area contributed by atoms with E-state index in [0.717, 1.165) is 0 Å². The van der Waals surface area contributed by atoms with Gasteiger partial charge < -0.3 is 0 Å². The summed E-state index contributed by atoms with van der Waals surface area (Å²) in [6.07, 6.45) is 6.36. The molecular weight excluding hydrogens is 280 g/mol. The molecule has 0 unspecified atom stereocenters. The van der Waals surface area contributed by atoms with E-state index >= 15 is 0 Å². The predicted octanol–water partition coefficient (Wildman–Crippen LogP) is 4.43. The SMILES string of the molecule is C=C/C=C(\C)[Si](/C(C)=C/C)(c1ccccc1)c1ccccc1. The van der Waals surface area contributed by atoms with Crippen molar-refractivity contribution in [1.82, 2.24) is 0 Å². The van der Waals surface area contributed by atoms with E-state index in [-0.39, 0.29) is 0 Å². The summed E-state index contributed by atoms with van der Waals surface area (Å²) >= 11 is 0. The monoisotopic (exact) mass is 304 g/mol. The van der Waals surface area contributed by atoms with Crippen LogP contribution in [0.4, 0.5) is 0 Å². The van der Waals surface area contributed by atoms with Gasteiger partial charge in [-0.15, -0.1) is 0 Å². The third kappa shape index (κ3) is 2.77. The van der Waals surface area contributed by atoms with Crippen LogP contribution in [0, 0.1) is 0 Å². The quantitative estimate of drug-likeness (QED) is 0.566. The molecule has 112 valence electrons. The van der Waals surface area contributed by atoms with E-state index in [1.54, 1.807) is 0 Å². The first kappa shape index (κ1) is 16.3. The minimum atomic E-state index is -2.12. The maximum atomic E-state index is 3.91. The van der Waals surface area contributed by atoms with Gasteiger partial charge in [0.15, 0.2) is 8.07 Å². The molecule has 0 saturated heterocycles. The maximum absolute atomic E-state index is 3.91. The van der Waals surface area contributed by atoms with Gasteiger partial charge in [-0.3, -0.25) is 0 Å². The molecule has 0 bridgehead atoms. The summed E-state index contributed by atoms with van der Waals surface area (Å²) in [6.45, 7) is 10.6. The lowest BCUT2D eigenvalue weighted by atomic mass is 10.4. The summed E-state index contributed by atoms with van der Waals surface area (Å²) < 4.78 is 0. The van der Waals surface area contributed by atoms with Gasteiger partial charge in [0.2, 0.25) is 0 Å². The summed E-state index contributed by atoms with van der Waals surface area (Å²) in [5, 5.41) is 5.72. The summed E-state index contributed by atoms with van der Waals surface area (Å²) in [5.74, 6) is 0. The molecule has 0 atom stereocenters. The van der Waals surface area contributed by atoms with Crippen molar-refractivity contribution in [2.75, 3.05) is 0 Å². The standard InChI is InChI=1S/C21H24Si/c1-5-13-19(4)22(18(3)6-2,20-14-9-7-10-15-20)21-16-11-8-12-17-21/h5-17H,1H2,2-4H3/b18-6+,19-13+. The van der Waals surface area contributed by atoms with Gasteiger partial charge in [-0.05, 0) is 31.1 Å². The summed E-state index contributed by atoms with van der Waals surface area (Å²) in [6, 6.07) is 21.8. The molecule has 0 nitrogen and oxygen atoms in total. The fourth-order valence-corrected chi connectivity index (χ4v) is 8.25. The molecule has 2 aromatic rings. The van der Waals surface area contributed by atoms with Crippen LogP contribution in [-0.4, -0.2) is 8.07 Å². The molecule has 0 amide bonds. The molecule has 2 rings (SSSR count). The lowest BCUT2D eigenvalue weighted by molar-refractivity contribution is 1.47. The number of benzene rings is 2. The molecule has 0 saturated carbocycles. The first-order valence-electron chi connectivity index (χ1n) is 7.72. The van der Waals surface area contributed by atoms with E-state index in [2.05, 4.69) is 100 Å². The Kier molecular flexibility index (Phi) is 5.34. The molecule has 0 aliphatic heterocycles. The summed E-state index contributed by atoms with van der Waals surface area (Å²) in [7, 11) is -2.12. The zero-order valence-corrected chi connectivity index (χ0v) is 14.7. The minimum absolute atomic E-state index is 1.41. The van der Waals surface area contributed by atoms with Gasteiger partial charge >= 0.3 is 0 Å². The van der Waals surface area contributed by atoms with Crippen LogP contribution in [0.3, 0.4) is 0 Å². The van der Waals surface area contributed by atoms with Crippen molar-refractivity contribution in [1.29, 1.82) is 0 Å². The van der Waals surface area contributed by atoms with Crippen LogP contribution in [0.15, 0.2) is 95.9 Å². The van der Waals surface area contributed by atoms with E-state index in [1.165, 1.54) is 20.8 Å². The van der Waals surface area contributed by atoms with Crippen LogP contribution in [0.25, 0.3) is 0 Å². The highest BCUT2D eigenvalue weighted by Crippen LogP contribution is 2.24. The third-order valence-corrected chi connectivity index (χ3v) is 9.62. The zero-order chi connectivity index (χ0) is 16.0. The van der Waals surface area contributed by atoms with Gasteiger partial charge in [-0.1, -0.05) is 95.9 Å². The normalized spacial score (nSPS) is 13.0. The lowest BCUT2D eigenvalue weighted by Crippen LogP contribution is -2.61. The molecule has 0 spiro atoms. The van der Waals surface area contributed by atoms with Crippen molar-refractivity contribution in [2.24, 2.45) is 0 Å². The topological polar surface area (TPSA) is 0 Å². The molecule has 0 fully saturated rings. The van der Waals surface area contributed by atoms with Crippen molar-refractivity contribution < 1.29 is 0 Å². The fraction of sp³-hybridized carbons (Fsp3) is 0.143. The Morgan fingerprint density at radius 3 is 1.64 bits per heavy atom. The molecule has 0 aliphatic rings. The van der Waals surface area contributed by atoms with Crippen molar-refractivity contribution >= 4 is 18.4 Å². The molecule has 0 aromatic heterocycles. The lowest BCUT2D eigenvalue weighted by Gasteiger charge is -2.35. The Labute approximate surface area is 135 Å². The maximum Gasteiger partial charge on any atom is 0.170 e. The van der Waals surface area contributed by atoms with Gasteiger partial charge in [0, 0.05) is 0 Å². The van der Waals surface area contributed by atoms with Crippen LogP contribution in [0.5, 0.6) is 0 Å². The Hall–Kier alpha value is -2.12. The average molecular weight is 305 g/mol. The first-order chi connectivity index (χ1) is 10.7. The Morgan fingerprint density at radius 2 is 1.27 bits per heavy atom. The van der Waals surface area contributed by atoms with Gasteiger partial charge in [0.1, 0.15) is 0 Å². The fourth-order valence-electron chi connectivity index (χ4n) is 3.28. The van der Waals surface area contributed by atoms with Crippen LogP contribution in [-0.2, 0) is 0 Å². The van der Waals surface area contributed by atoms with E-state index in [9.17, 15) is 0 Å². The van der Waals surface area contributed by atoms with Crippen LogP contribution >= 0.6 is 0 Å². The molecule has 0 heterocycles. The minimum Gasteiger partial charge on any atom is -0.0991 e. The average Bonchev–Trinajstić information content (AvgIpc) is 2.57. The Morgan fingerprint density at radius 1 is 0.818 bits per heavy atom. The predicted molar refractivity (Wildman–Crippen MR) is 101 cm³/mol. The second-order valence-corrected chi connectivity index (χ2v) is 9.77. The third-order valence-electron chi connectivity index (χ3n) is 4.40. The van der Waals surface area contributed by atoms with Crippen molar-refractivity contribution in [3.8, 4) is 0 Å². The van der Waals surface area contributed by atoms with E-state index < -0.39 is 8.07 Å². The Bertz CT molecular complexity index is 639.